The van der Waals surface area contributed by atoms with Gasteiger partial charge in [0.1, 0.15) is 11.6 Å². The van der Waals surface area contributed by atoms with Crippen molar-refractivity contribution < 1.29 is 9.13 Å². The monoisotopic (exact) mass is 287 g/mol. The molecule has 2 rings (SSSR count). The molecule has 0 amide bonds. The van der Waals surface area contributed by atoms with E-state index in [-0.39, 0.29) is 18.0 Å². The van der Waals surface area contributed by atoms with Crippen molar-refractivity contribution in [3.05, 3.63) is 59.9 Å². The minimum absolute atomic E-state index is 0.101. The van der Waals surface area contributed by atoms with Crippen LogP contribution >= 0.6 is 0 Å². The third kappa shape index (κ3) is 4.48. The maximum Gasteiger partial charge on any atom is 0.123 e. The van der Waals surface area contributed by atoms with Crippen LogP contribution in [0.15, 0.2) is 48.5 Å². The van der Waals surface area contributed by atoms with E-state index in [0.717, 1.165) is 23.4 Å². The van der Waals surface area contributed by atoms with E-state index in [0.29, 0.717) is 0 Å². The quantitative estimate of drug-likeness (QED) is 0.790. The number of hydrogen-bond donors (Lipinski definition) is 1. The molecule has 0 heterocycles. The van der Waals surface area contributed by atoms with Crippen molar-refractivity contribution in [2.24, 2.45) is 0 Å². The molecular formula is C18H22FNO. The van der Waals surface area contributed by atoms with Crippen molar-refractivity contribution in [1.29, 1.82) is 0 Å². The highest BCUT2D eigenvalue weighted by molar-refractivity contribution is 5.49. The van der Waals surface area contributed by atoms with E-state index < -0.39 is 0 Å². The predicted molar refractivity (Wildman–Crippen MR) is 85.3 cm³/mol. The van der Waals surface area contributed by atoms with E-state index in [1.807, 2.05) is 24.3 Å². The Balaban J connectivity index is 2.05. The minimum Gasteiger partial charge on any atom is -0.491 e. The molecule has 0 saturated carbocycles. The Bertz CT molecular complexity index is 568. The van der Waals surface area contributed by atoms with Crippen LogP contribution in [0, 0.1) is 5.82 Å². The maximum absolute atomic E-state index is 12.9. The van der Waals surface area contributed by atoms with Crippen molar-refractivity contribution in [3.63, 3.8) is 0 Å². The van der Waals surface area contributed by atoms with Gasteiger partial charge >= 0.3 is 0 Å². The first kappa shape index (κ1) is 15.4. The van der Waals surface area contributed by atoms with Gasteiger partial charge < -0.3 is 10.1 Å². The molecule has 21 heavy (non-hydrogen) atoms. The Hall–Kier alpha value is -2.03. The molecule has 0 saturated heterocycles. The summed E-state index contributed by atoms with van der Waals surface area (Å²) in [6.45, 7) is 6.21. The zero-order valence-corrected chi connectivity index (χ0v) is 12.8. The van der Waals surface area contributed by atoms with Crippen LogP contribution in [0.5, 0.6) is 5.75 Å². The van der Waals surface area contributed by atoms with Crippen molar-refractivity contribution >= 4 is 5.69 Å². The summed E-state index contributed by atoms with van der Waals surface area (Å²) in [6, 6.07) is 14.6. The summed E-state index contributed by atoms with van der Waals surface area (Å²) in [7, 11) is 0. The molecule has 3 heteroatoms. The van der Waals surface area contributed by atoms with E-state index in [9.17, 15) is 4.39 Å². The molecule has 2 aromatic carbocycles. The molecule has 1 N–H and O–H groups in total. The summed E-state index contributed by atoms with van der Waals surface area (Å²) in [5.74, 6) is 0.649. The number of nitrogens with one attached hydrogen (secondary N) is 1. The fourth-order valence-corrected chi connectivity index (χ4v) is 2.06. The molecular weight excluding hydrogens is 265 g/mol. The molecule has 0 fully saturated rings. The van der Waals surface area contributed by atoms with E-state index in [4.69, 9.17) is 4.74 Å². The predicted octanol–water partition coefficient (Wildman–Crippen LogP) is 5.18. The molecule has 2 aromatic rings. The molecule has 2 nitrogen and oxygen atoms in total. The highest BCUT2D eigenvalue weighted by atomic mass is 19.1. The lowest BCUT2D eigenvalue weighted by molar-refractivity contribution is 0.217. The number of halogens is 1. The van der Waals surface area contributed by atoms with Crippen LogP contribution in [0.2, 0.25) is 0 Å². The lowest BCUT2D eigenvalue weighted by atomic mass is 10.1. The lowest BCUT2D eigenvalue weighted by Crippen LogP contribution is -2.10. The zero-order chi connectivity index (χ0) is 15.2. The number of anilines is 1. The van der Waals surface area contributed by atoms with Gasteiger partial charge in [-0.15, -0.1) is 0 Å². The van der Waals surface area contributed by atoms with Crippen LogP contribution in [-0.2, 0) is 0 Å². The second-order valence-electron chi connectivity index (χ2n) is 5.28. The molecule has 0 aliphatic heterocycles. The van der Waals surface area contributed by atoms with Gasteiger partial charge in [-0.1, -0.05) is 25.1 Å². The highest BCUT2D eigenvalue weighted by Gasteiger charge is 2.07. The summed E-state index contributed by atoms with van der Waals surface area (Å²) in [5, 5.41) is 3.41. The molecule has 2 unspecified atom stereocenters. The van der Waals surface area contributed by atoms with Crippen LogP contribution in [0.25, 0.3) is 0 Å². The van der Waals surface area contributed by atoms with Crippen LogP contribution < -0.4 is 10.1 Å². The molecule has 0 aliphatic rings. The van der Waals surface area contributed by atoms with Crippen molar-refractivity contribution in [2.75, 3.05) is 5.32 Å². The third-order valence-corrected chi connectivity index (χ3v) is 3.50. The Morgan fingerprint density at radius 1 is 1.10 bits per heavy atom. The number of hydrogen-bond acceptors (Lipinski definition) is 2. The maximum atomic E-state index is 12.9. The highest BCUT2D eigenvalue weighted by Crippen LogP contribution is 2.23. The average molecular weight is 287 g/mol. The van der Waals surface area contributed by atoms with Gasteiger partial charge in [-0.25, -0.2) is 4.39 Å². The zero-order valence-electron chi connectivity index (χ0n) is 12.8. The van der Waals surface area contributed by atoms with Crippen molar-refractivity contribution in [3.8, 4) is 5.75 Å². The first-order valence-corrected chi connectivity index (χ1v) is 7.37. The fourth-order valence-electron chi connectivity index (χ4n) is 2.06. The Morgan fingerprint density at radius 3 is 2.48 bits per heavy atom. The van der Waals surface area contributed by atoms with E-state index in [1.54, 1.807) is 12.1 Å². The normalized spacial score (nSPS) is 13.5. The van der Waals surface area contributed by atoms with Gasteiger partial charge in [0.05, 0.1) is 6.10 Å². The Labute approximate surface area is 126 Å². The van der Waals surface area contributed by atoms with E-state index in [2.05, 4.69) is 26.1 Å². The average Bonchev–Trinajstić information content (AvgIpc) is 2.48. The van der Waals surface area contributed by atoms with Gasteiger partial charge in [0.25, 0.3) is 0 Å². The first-order chi connectivity index (χ1) is 10.1. The minimum atomic E-state index is -0.213. The number of rotatable bonds is 6. The summed E-state index contributed by atoms with van der Waals surface area (Å²) in [4.78, 5) is 0. The fraction of sp³-hybridized carbons (Fsp3) is 0.333. The molecule has 112 valence electrons. The van der Waals surface area contributed by atoms with Crippen LogP contribution in [0.1, 0.15) is 38.8 Å². The number of ether oxygens (including phenoxy) is 1. The second kappa shape index (κ2) is 7.11. The smallest absolute Gasteiger partial charge is 0.123 e. The third-order valence-electron chi connectivity index (χ3n) is 3.50. The topological polar surface area (TPSA) is 21.3 Å². The molecule has 2 atom stereocenters. The van der Waals surface area contributed by atoms with Gasteiger partial charge in [0.2, 0.25) is 0 Å². The van der Waals surface area contributed by atoms with Crippen LogP contribution in [-0.4, -0.2) is 6.10 Å². The van der Waals surface area contributed by atoms with Gasteiger partial charge in [-0.2, -0.15) is 0 Å². The SMILES string of the molecule is CCC(C)Oc1cccc(NC(C)c2ccc(F)cc2)c1. The van der Waals surface area contributed by atoms with Crippen LogP contribution in [0.4, 0.5) is 10.1 Å². The van der Waals surface area contributed by atoms with Crippen molar-refractivity contribution in [2.45, 2.75) is 39.3 Å². The van der Waals surface area contributed by atoms with Gasteiger partial charge in [0, 0.05) is 17.8 Å². The largest absolute Gasteiger partial charge is 0.491 e. The molecule has 0 bridgehead atoms. The lowest BCUT2D eigenvalue weighted by Gasteiger charge is -2.18. The van der Waals surface area contributed by atoms with Gasteiger partial charge in [-0.3, -0.25) is 0 Å². The van der Waals surface area contributed by atoms with E-state index in [1.165, 1.54) is 12.1 Å². The standard InChI is InChI=1S/C18H22FNO/c1-4-13(2)21-18-7-5-6-17(12-18)20-14(3)15-8-10-16(19)11-9-15/h5-14,20H,4H2,1-3H3. The summed E-state index contributed by atoms with van der Waals surface area (Å²) in [5.41, 5.74) is 2.04. The Morgan fingerprint density at radius 2 is 1.81 bits per heavy atom. The molecule has 0 aromatic heterocycles. The summed E-state index contributed by atoms with van der Waals surface area (Å²) >= 11 is 0. The Kier molecular flexibility index (Phi) is 5.20. The summed E-state index contributed by atoms with van der Waals surface area (Å²) < 4.78 is 18.8. The molecule has 0 radical (unpaired) electrons. The second-order valence-corrected chi connectivity index (χ2v) is 5.28. The molecule has 0 spiro atoms. The first-order valence-electron chi connectivity index (χ1n) is 7.37. The van der Waals surface area contributed by atoms with Gasteiger partial charge in [-0.05, 0) is 50.1 Å². The van der Waals surface area contributed by atoms with Crippen molar-refractivity contribution in [1.82, 2.24) is 0 Å². The molecule has 0 aliphatic carbocycles. The summed E-state index contributed by atoms with van der Waals surface area (Å²) in [6.07, 6.45) is 1.18. The van der Waals surface area contributed by atoms with E-state index >= 15 is 0 Å². The van der Waals surface area contributed by atoms with Crippen LogP contribution in [0.3, 0.4) is 0 Å². The number of benzene rings is 2. The van der Waals surface area contributed by atoms with Gasteiger partial charge in [0.15, 0.2) is 0 Å².